The van der Waals surface area contributed by atoms with Gasteiger partial charge in [0, 0.05) is 13.5 Å². The first-order valence-electron chi connectivity index (χ1n) is 10.9. The van der Waals surface area contributed by atoms with Crippen LogP contribution in [0.5, 0.6) is 17.4 Å². The highest BCUT2D eigenvalue weighted by atomic mass is 32.1. The molecule has 0 aliphatic carbocycles. The summed E-state index contributed by atoms with van der Waals surface area (Å²) in [5.41, 5.74) is 0.109. The number of amides is 1. The summed E-state index contributed by atoms with van der Waals surface area (Å²) in [6.45, 7) is -0.283. The Morgan fingerprint density at radius 1 is 1.22 bits per heavy atom. The van der Waals surface area contributed by atoms with Crippen LogP contribution in [0.15, 0.2) is 42.5 Å². The lowest BCUT2D eigenvalue weighted by Gasteiger charge is -2.17. The number of aromatic nitrogens is 1. The van der Waals surface area contributed by atoms with Crippen LogP contribution < -0.4 is 4.74 Å². The van der Waals surface area contributed by atoms with Crippen LogP contribution in [-0.2, 0) is 35.1 Å². The summed E-state index contributed by atoms with van der Waals surface area (Å²) >= 11 is 6.00. The van der Waals surface area contributed by atoms with Gasteiger partial charge in [-0.3, -0.25) is 9.36 Å². The molecule has 1 unspecified atom stereocenters. The van der Waals surface area contributed by atoms with Crippen molar-refractivity contribution in [3.05, 3.63) is 68.0 Å². The molecular formula is C24H21F3N2O6S2. The van der Waals surface area contributed by atoms with Crippen LogP contribution in [0.2, 0.25) is 0 Å². The number of carboxylic acid groups (broad SMARTS) is 1. The standard InChI is InChI=1S/C24H21F3N2O6S2/c1-28-15(12-34-22(28)33)8-13-2-5-16(6-3-13)35-18-7-4-14(9-17(18)24(25,26)27)10-19-21(32)29(11-20(30)31)23(36)37-19/h2-7,9,15,32H,8,10-12H2,1H3,(H,30,31). The molecule has 0 spiro atoms. The zero-order valence-electron chi connectivity index (χ0n) is 19.3. The topological polar surface area (TPSA) is 101 Å². The first-order valence-corrected chi connectivity index (χ1v) is 12.1. The Labute approximate surface area is 218 Å². The number of ether oxygens (including phenoxy) is 2. The number of thiazole rings is 1. The smallest absolute Gasteiger partial charge is 0.419 e. The van der Waals surface area contributed by atoms with Crippen LogP contribution in [0.4, 0.5) is 18.0 Å². The molecule has 0 saturated carbocycles. The molecule has 1 saturated heterocycles. The van der Waals surface area contributed by atoms with Gasteiger partial charge in [-0.25, -0.2) is 4.79 Å². The van der Waals surface area contributed by atoms with Crippen LogP contribution in [-0.4, -0.2) is 51.4 Å². The Morgan fingerprint density at radius 3 is 2.49 bits per heavy atom. The third-order valence-corrected chi connectivity index (χ3v) is 7.24. The molecule has 1 aromatic heterocycles. The Kier molecular flexibility index (Phi) is 7.46. The molecule has 0 bridgehead atoms. The fraction of sp³-hybridized carbons (Fsp3) is 0.292. The van der Waals surface area contributed by atoms with Gasteiger partial charge in [0.1, 0.15) is 24.7 Å². The second-order valence-corrected chi connectivity index (χ2v) is 10.1. The van der Waals surface area contributed by atoms with Gasteiger partial charge in [-0.15, -0.1) is 11.3 Å². The zero-order valence-corrected chi connectivity index (χ0v) is 21.0. The lowest BCUT2D eigenvalue weighted by molar-refractivity contribution is -0.139. The number of hydrogen-bond donors (Lipinski definition) is 2. The summed E-state index contributed by atoms with van der Waals surface area (Å²) in [6, 6.07) is 9.98. The number of aliphatic carboxylic acids is 1. The predicted octanol–water partition coefficient (Wildman–Crippen LogP) is 5.46. The molecule has 2 aromatic carbocycles. The summed E-state index contributed by atoms with van der Waals surface area (Å²) < 4.78 is 53.2. The van der Waals surface area contributed by atoms with Gasteiger partial charge in [0.2, 0.25) is 5.88 Å². The molecular weight excluding hydrogens is 533 g/mol. The Morgan fingerprint density at radius 2 is 1.89 bits per heavy atom. The van der Waals surface area contributed by atoms with E-state index in [1.54, 1.807) is 31.3 Å². The monoisotopic (exact) mass is 554 g/mol. The maximum Gasteiger partial charge on any atom is 0.419 e. The van der Waals surface area contributed by atoms with Gasteiger partial charge in [0.05, 0.1) is 16.5 Å². The summed E-state index contributed by atoms with van der Waals surface area (Å²) in [5, 5.41) is 19.3. The fourth-order valence-corrected chi connectivity index (χ4v) is 5.20. The highest BCUT2D eigenvalue weighted by molar-refractivity contribution is 7.73. The molecule has 3 aromatic rings. The normalized spacial score (nSPS) is 15.6. The number of hydrogen-bond acceptors (Lipinski definition) is 7. The Hall–Kier alpha value is -3.58. The number of cyclic esters (lactones) is 1. The van der Waals surface area contributed by atoms with E-state index >= 15 is 0 Å². The molecule has 37 heavy (non-hydrogen) atoms. The molecule has 1 fully saturated rings. The number of alkyl halides is 3. The number of nitrogens with zero attached hydrogens (tertiary/aromatic N) is 2. The maximum atomic E-state index is 13.9. The van der Waals surface area contributed by atoms with E-state index in [0.29, 0.717) is 6.42 Å². The van der Waals surface area contributed by atoms with Crippen molar-refractivity contribution >= 4 is 35.6 Å². The molecule has 13 heteroatoms. The largest absolute Gasteiger partial charge is 0.494 e. The molecule has 4 rings (SSSR count). The third kappa shape index (κ3) is 6.05. The number of benzene rings is 2. The van der Waals surface area contributed by atoms with E-state index in [2.05, 4.69) is 0 Å². The third-order valence-electron chi connectivity index (χ3n) is 5.80. The summed E-state index contributed by atoms with van der Waals surface area (Å²) in [7, 11) is 1.64. The first kappa shape index (κ1) is 26.5. The minimum Gasteiger partial charge on any atom is -0.494 e. The lowest BCUT2D eigenvalue weighted by Crippen LogP contribution is -2.30. The number of carbonyl (C=O) groups excluding carboxylic acids is 1. The van der Waals surface area contributed by atoms with Gasteiger partial charge in [-0.05, 0) is 54.0 Å². The van der Waals surface area contributed by atoms with Crippen molar-refractivity contribution in [2.45, 2.75) is 31.6 Å². The van der Waals surface area contributed by atoms with Gasteiger partial charge in [-0.2, -0.15) is 13.2 Å². The number of aromatic hydroxyl groups is 1. The minimum atomic E-state index is -4.71. The molecule has 2 N–H and O–H groups in total. The van der Waals surface area contributed by atoms with Crippen LogP contribution >= 0.6 is 23.6 Å². The van der Waals surface area contributed by atoms with E-state index in [-0.39, 0.29) is 50.8 Å². The van der Waals surface area contributed by atoms with E-state index in [4.69, 9.17) is 26.8 Å². The van der Waals surface area contributed by atoms with Crippen molar-refractivity contribution in [2.24, 2.45) is 0 Å². The molecule has 2 heterocycles. The quantitative estimate of drug-likeness (QED) is 0.357. The predicted molar refractivity (Wildman–Crippen MR) is 130 cm³/mol. The number of halogens is 3. The minimum absolute atomic E-state index is 0.0767. The molecule has 1 aliphatic rings. The van der Waals surface area contributed by atoms with Gasteiger partial charge in [0.25, 0.3) is 0 Å². The van der Waals surface area contributed by atoms with Crippen molar-refractivity contribution in [3.63, 3.8) is 0 Å². The van der Waals surface area contributed by atoms with E-state index in [1.165, 1.54) is 17.0 Å². The molecule has 1 atom stereocenters. The lowest BCUT2D eigenvalue weighted by atomic mass is 10.1. The van der Waals surface area contributed by atoms with Crippen molar-refractivity contribution < 1.29 is 42.4 Å². The SMILES string of the molecule is CN1C(=O)OCC1Cc1ccc(Oc2ccc(Cc3sc(=S)n(CC(=O)O)c3O)cc2C(F)(F)F)cc1. The van der Waals surface area contributed by atoms with Gasteiger partial charge >= 0.3 is 18.2 Å². The van der Waals surface area contributed by atoms with E-state index in [9.17, 15) is 27.9 Å². The van der Waals surface area contributed by atoms with Crippen molar-refractivity contribution in [1.82, 2.24) is 9.47 Å². The number of likely N-dealkylation sites (N-methyl/N-ethyl adjacent to an activating group) is 1. The van der Waals surface area contributed by atoms with Gasteiger partial charge < -0.3 is 24.6 Å². The van der Waals surface area contributed by atoms with E-state index < -0.39 is 30.3 Å². The average molecular weight is 555 g/mol. The van der Waals surface area contributed by atoms with Crippen LogP contribution in [0.3, 0.4) is 0 Å². The summed E-state index contributed by atoms with van der Waals surface area (Å²) in [5.74, 6) is -1.78. The van der Waals surface area contributed by atoms with E-state index in [0.717, 1.165) is 27.5 Å². The summed E-state index contributed by atoms with van der Waals surface area (Å²) in [6.07, 6.45) is -4.66. The zero-order chi connectivity index (χ0) is 26.9. The fourth-order valence-electron chi connectivity index (χ4n) is 3.83. The molecule has 1 aliphatic heterocycles. The average Bonchev–Trinajstić information content (AvgIpc) is 3.28. The van der Waals surface area contributed by atoms with Crippen molar-refractivity contribution in [1.29, 1.82) is 0 Å². The van der Waals surface area contributed by atoms with Gasteiger partial charge in [0.15, 0.2) is 3.95 Å². The van der Waals surface area contributed by atoms with Crippen molar-refractivity contribution in [2.75, 3.05) is 13.7 Å². The molecule has 8 nitrogen and oxygen atoms in total. The van der Waals surface area contributed by atoms with Crippen LogP contribution in [0, 0.1) is 3.95 Å². The maximum absolute atomic E-state index is 13.9. The number of carboxylic acids is 1. The van der Waals surface area contributed by atoms with Gasteiger partial charge in [-0.1, -0.05) is 18.2 Å². The first-order chi connectivity index (χ1) is 17.4. The Bertz CT molecular complexity index is 1380. The number of rotatable bonds is 8. The van der Waals surface area contributed by atoms with Crippen LogP contribution in [0.25, 0.3) is 0 Å². The van der Waals surface area contributed by atoms with Crippen molar-refractivity contribution in [3.8, 4) is 17.4 Å². The second-order valence-electron chi connectivity index (χ2n) is 8.39. The molecule has 196 valence electrons. The highest BCUT2D eigenvalue weighted by Gasteiger charge is 2.35. The summed E-state index contributed by atoms with van der Waals surface area (Å²) in [4.78, 5) is 24.2. The number of carbonyl (C=O) groups is 2. The van der Waals surface area contributed by atoms with E-state index in [1.807, 2.05) is 0 Å². The molecule has 1 amide bonds. The Balaban J connectivity index is 1.52. The molecule has 0 radical (unpaired) electrons. The van der Waals surface area contributed by atoms with Crippen LogP contribution in [0.1, 0.15) is 21.6 Å². The second kappa shape index (κ2) is 10.4. The highest BCUT2D eigenvalue weighted by Crippen LogP contribution is 2.40.